The number of rotatable bonds is 4. The Hall–Kier alpha value is 0.350. The van der Waals surface area contributed by atoms with Crippen LogP contribution in [0.15, 0.2) is 4.99 Å². The minimum Gasteiger partial charge on any atom is -0.355 e. The Labute approximate surface area is 134 Å². The zero-order valence-corrected chi connectivity index (χ0v) is 15.5. The van der Waals surface area contributed by atoms with Crippen molar-refractivity contribution < 1.29 is 0 Å². The third-order valence-corrected chi connectivity index (χ3v) is 4.84. The van der Waals surface area contributed by atoms with E-state index in [1.165, 1.54) is 12.8 Å². The third kappa shape index (κ3) is 5.15. The number of likely N-dealkylation sites (tertiary alicyclic amines) is 1. The molecule has 0 aromatic rings. The maximum absolute atomic E-state index is 4.40. The highest BCUT2D eigenvalue weighted by molar-refractivity contribution is 14.0. The van der Waals surface area contributed by atoms with Crippen molar-refractivity contribution in [3.63, 3.8) is 0 Å². The van der Waals surface area contributed by atoms with Gasteiger partial charge in [0.1, 0.15) is 0 Å². The van der Waals surface area contributed by atoms with Gasteiger partial charge in [-0.2, -0.15) is 11.8 Å². The average molecular weight is 385 g/mol. The van der Waals surface area contributed by atoms with Gasteiger partial charge < -0.3 is 10.2 Å². The first-order valence-corrected chi connectivity index (χ1v) is 7.82. The van der Waals surface area contributed by atoms with Crippen molar-refractivity contribution in [3.05, 3.63) is 0 Å². The molecule has 1 N–H and O–H groups in total. The second-order valence-electron chi connectivity index (χ2n) is 5.31. The standard InChI is InChI=1S/C13H27N3S.HI/c1-6-13(3)7-8-16(10-13)12(14-4)15-9-11(2)17-5;/h11H,6-10H2,1-5H3,(H,14,15);1H. The lowest BCUT2D eigenvalue weighted by atomic mass is 9.87. The van der Waals surface area contributed by atoms with Crippen LogP contribution in [0.25, 0.3) is 0 Å². The lowest BCUT2D eigenvalue weighted by molar-refractivity contribution is 0.322. The van der Waals surface area contributed by atoms with E-state index >= 15 is 0 Å². The van der Waals surface area contributed by atoms with Crippen molar-refractivity contribution in [2.75, 3.05) is 32.9 Å². The molecule has 0 radical (unpaired) electrons. The zero-order valence-electron chi connectivity index (χ0n) is 12.3. The topological polar surface area (TPSA) is 27.6 Å². The van der Waals surface area contributed by atoms with Gasteiger partial charge in [0.15, 0.2) is 5.96 Å². The van der Waals surface area contributed by atoms with Gasteiger partial charge in [0.2, 0.25) is 0 Å². The largest absolute Gasteiger partial charge is 0.355 e. The fraction of sp³-hybridized carbons (Fsp3) is 0.923. The van der Waals surface area contributed by atoms with Gasteiger partial charge >= 0.3 is 0 Å². The van der Waals surface area contributed by atoms with Crippen molar-refractivity contribution in [3.8, 4) is 0 Å². The number of hydrogen-bond acceptors (Lipinski definition) is 2. The van der Waals surface area contributed by atoms with E-state index in [-0.39, 0.29) is 24.0 Å². The van der Waals surface area contributed by atoms with Gasteiger partial charge in [0.25, 0.3) is 0 Å². The molecule has 0 aliphatic carbocycles. The number of halogens is 1. The number of hydrogen-bond donors (Lipinski definition) is 1. The SMILES string of the molecule is CCC1(C)CCN(C(=NC)NCC(C)SC)C1.I. The fourth-order valence-corrected chi connectivity index (χ4v) is 2.39. The molecule has 2 unspecified atom stereocenters. The molecule has 18 heavy (non-hydrogen) atoms. The van der Waals surface area contributed by atoms with Crippen LogP contribution in [0.4, 0.5) is 0 Å². The number of nitrogens with zero attached hydrogens (tertiary/aromatic N) is 2. The molecular formula is C13H28IN3S. The van der Waals surface area contributed by atoms with Gasteiger partial charge in [-0.15, -0.1) is 24.0 Å². The highest BCUT2D eigenvalue weighted by Gasteiger charge is 2.33. The molecule has 0 bridgehead atoms. The number of thioether (sulfide) groups is 1. The van der Waals surface area contributed by atoms with Crippen molar-refractivity contribution in [2.45, 2.75) is 38.9 Å². The molecule has 3 nitrogen and oxygen atoms in total. The first-order chi connectivity index (χ1) is 8.04. The van der Waals surface area contributed by atoms with Crippen molar-refractivity contribution >= 4 is 41.7 Å². The summed E-state index contributed by atoms with van der Waals surface area (Å²) in [5, 5.41) is 4.11. The van der Waals surface area contributed by atoms with Crippen molar-refractivity contribution in [2.24, 2.45) is 10.4 Å². The van der Waals surface area contributed by atoms with E-state index in [1.807, 2.05) is 18.8 Å². The molecule has 0 aromatic carbocycles. The fourth-order valence-electron chi connectivity index (χ4n) is 2.14. The maximum atomic E-state index is 4.40. The zero-order chi connectivity index (χ0) is 12.9. The smallest absolute Gasteiger partial charge is 0.193 e. The Balaban J connectivity index is 0.00000289. The summed E-state index contributed by atoms with van der Waals surface area (Å²) in [6, 6.07) is 0. The molecule has 5 heteroatoms. The van der Waals surface area contributed by atoms with Gasteiger partial charge in [0.05, 0.1) is 0 Å². The van der Waals surface area contributed by atoms with E-state index in [4.69, 9.17) is 0 Å². The third-order valence-electron chi connectivity index (χ3n) is 3.87. The first kappa shape index (κ1) is 18.4. The van der Waals surface area contributed by atoms with Crippen molar-refractivity contribution in [1.29, 1.82) is 0 Å². The summed E-state index contributed by atoms with van der Waals surface area (Å²) in [4.78, 5) is 6.80. The quantitative estimate of drug-likeness (QED) is 0.458. The molecule has 0 spiro atoms. The summed E-state index contributed by atoms with van der Waals surface area (Å²) in [5.41, 5.74) is 0.475. The lowest BCUT2D eigenvalue weighted by Crippen LogP contribution is -2.42. The second kappa shape index (κ2) is 8.51. The molecule has 0 amide bonds. The maximum Gasteiger partial charge on any atom is 0.193 e. The van der Waals surface area contributed by atoms with E-state index in [9.17, 15) is 0 Å². The Morgan fingerprint density at radius 1 is 1.56 bits per heavy atom. The highest BCUT2D eigenvalue weighted by atomic mass is 127. The van der Waals surface area contributed by atoms with Gasteiger partial charge in [0, 0.05) is 31.9 Å². The van der Waals surface area contributed by atoms with Crippen LogP contribution < -0.4 is 5.32 Å². The van der Waals surface area contributed by atoms with Crippen LogP contribution in [0.1, 0.15) is 33.6 Å². The summed E-state index contributed by atoms with van der Waals surface area (Å²) in [6.07, 6.45) is 4.68. The van der Waals surface area contributed by atoms with E-state index in [0.29, 0.717) is 10.7 Å². The Morgan fingerprint density at radius 3 is 2.67 bits per heavy atom. The summed E-state index contributed by atoms with van der Waals surface area (Å²) < 4.78 is 0. The van der Waals surface area contributed by atoms with Crippen LogP contribution >= 0.6 is 35.7 Å². The summed E-state index contributed by atoms with van der Waals surface area (Å²) in [7, 11) is 1.88. The Bertz CT molecular complexity index is 273. The average Bonchev–Trinajstić information content (AvgIpc) is 2.73. The highest BCUT2D eigenvalue weighted by Crippen LogP contribution is 2.32. The molecule has 1 aliphatic heterocycles. The predicted molar refractivity (Wildman–Crippen MR) is 94.3 cm³/mol. The van der Waals surface area contributed by atoms with Crippen LogP contribution in [0.2, 0.25) is 0 Å². The lowest BCUT2D eigenvalue weighted by Gasteiger charge is -2.26. The van der Waals surface area contributed by atoms with E-state index in [2.05, 4.69) is 42.2 Å². The predicted octanol–water partition coefficient (Wildman–Crippen LogP) is 3.05. The van der Waals surface area contributed by atoms with Gasteiger partial charge in [-0.3, -0.25) is 4.99 Å². The minimum absolute atomic E-state index is 0. The number of nitrogens with one attached hydrogen (secondary N) is 1. The molecule has 108 valence electrons. The molecule has 1 rings (SSSR count). The summed E-state index contributed by atoms with van der Waals surface area (Å²) in [5.74, 6) is 1.07. The van der Waals surface area contributed by atoms with Crippen LogP contribution in [0, 0.1) is 5.41 Å². The summed E-state index contributed by atoms with van der Waals surface area (Å²) in [6.45, 7) is 10.2. The monoisotopic (exact) mass is 385 g/mol. The van der Waals surface area contributed by atoms with Crippen LogP contribution in [0.3, 0.4) is 0 Å². The Morgan fingerprint density at radius 2 is 2.22 bits per heavy atom. The van der Waals surface area contributed by atoms with Crippen LogP contribution in [-0.4, -0.2) is 49.0 Å². The van der Waals surface area contributed by atoms with Gasteiger partial charge in [-0.05, 0) is 24.5 Å². The molecule has 1 fully saturated rings. The van der Waals surface area contributed by atoms with Gasteiger partial charge in [-0.25, -0.2) is 0 Å². The summed E-state index contributed by atoms with van der Waals surface area (Å²) >= 11 is 1.89. The van der Waals surface area contributed by atoms with E-state index < -0.39 is 0 Å². The molecule has 1 saturated heterocycles. The molecule has 0 saturated carbocycles. The second-order valence-corrected chi connectivity index (χ2v) is 6.59. The molecule has 1 aliphatic rings. The Kier molecular flexibility index (Phi) is 8.67. The van der Waals surface area contributed by atoms with Crippen molar-refractivity contribution in [1.82, 2.24) is 10.2 Å². The van der Waals surface area contributed by atoms with E-state index in [0.717, 1.165) is 25.6 Å². The first-order valence-electron chi connectivity index (χ1n) is 6.53. The van der Waals surface area contributed by atoms with E-state index in [1.54, 1.807) is 0 Å². The van der Waals surface area contributed by atoms with Gasteiger partial charge in [-0.1, -0.05) is 20.8 Å². The normalized spacial score (nSPS) is 25.8. The number of guanidine groups is 1. The molecule has 2 atom stereocenters. The molecule has 1 heterocycles. The van der Waals surface area contributed by atoms with Crippen LogP contribution in [0.5, 0.6) is 0 Å². The minimum atomic E-state index is 0. The molecular weight excluding hydrogens is 357 g/mol. The number of aliphatic imine (C=N–C) groups is 1. The van der Waals surface area contributed by atoms with Crippen LogP contribution in [-0.2, 0) is 0 Å². The molecule has 0 aromatic heterocycles.